The maximum Gasteiger partial charge on any atom is 0.243 e. The molecule has 34 heavy (non-hydrogen) atoms. The van der Waals surface area contributed by atoms with Gasteiger partial charge in [0, 0.05) is 44.8 Å². The summed E-state index contributed by atoms with van der Waals surface area (Å²) in [5.41, 5.74) is 6.07. The molecule has 0 spiro atoms. The van der Waals surface area contributed by atoms with Crippen LogP contribution in [0, 0.1) is 0 Å². The van der Waals surface area contributed by atoms with Crippen molar-refractivity contribution in [2.75, 3.05) is 58.4 Å². The van der Waals surface area contributed by atoms with Gasteiger partial charge in [-0.05, 0) is 48.5 Å². The number of nitrogens with two attached hydrogens (primary N) is 1. The molecule has 0 saturated carbocycles. The second-order valence-electron chi connectivity index (χ2n) is 7.80. The highest BCUT2D eigenvalue weighted by molar-refractivity contribution is 7.89. The van der Waals surface area contributed by atoms with E-state index in [0.29, 0.717) is 18.0 Å². The van der Waals surface area contributed by atoms with Crippen molar-refractivity contribution in [1.29, 1.82) is 0 Å². The molecule has 1 fully saturated rings. The predicted molar refractivity (Wildman–Crippen MR) is 127 cm³/mol. The van der Waals surface area contributed by atoms with Crippen molar-refractivity contribution in [3.05, 3.63) is 48.5 Å². The van der Waals surface area contributed by atoms with Gasteiger partial charge in [0.05, 0.1) is 25.7 Å². The van der Waals surface area contributed by atoms with Crippen molar-refractivity contribution in [3.8, 4) is 11.5 Å². The van der Waals surface area contributed by atoms with Gasteiger partial charge in [-0.1, -0.05) is 0 Å². The first-order chi connectivity index (χ1) is 16.2. The lowest BCUT2D eigenvalue weighted by Gasteiger charge is -2.35. The van der Waals surface area contributed by atoms with Gasteiger partial charge in [-0.3, -0.25) is 9.59 Å². The number of hydrogen-bond acceptors (Lipinski definition) is 7. The second-order valence-corrected chi connectivity index (χ2v) is 9.73. The lowest BCUT2D eigenvalue weighted by atomic mass is 10.2. The van der Waals surface area contributed by atoms with Crippen molar-refractivity contribution in [3.63, 3.8) is 0 Å². The molecule has 2 aromatic rings. The van der Waals surface area contributed by atoms with Gasteiger partial charge in [0.1, 0.15) is 11.5 Å². The van der Waals surface area contributed by atoms with Gasteiger partial charge in [0.25, 0.3) is 0 Å². The Kier molecular flexibility index (Phi) is 8.35. The van der Waals surface area contributed by atoms with Crippen molar-refractivity contribution >= 4 is 27.5 Å². The van der Waals surface area contributed by atoms with E-state index >= 15 is 0 Å². The molecule has 184 valence electrons. The zero-order valence-electron chi connectivity index (χ0n) is 19.3. The molecule has 2 amide bonds. The molecule has 0 aromatic heterocycles. The molecule has 1 heterocycles. The molecule has 3 rings (SSSR count). The number of carbonyl (C=O) groups excluding carboxylic acids is 2. The topological polar surface area (TPSA) is 122 Å². The van der Waals surface area contributed by atoms with Crippen LogP contribution in [-0.2, 0) is 19.6 Å². The normalized spacial score (nSPS) is 14.5. The van der Waals surface area contributed by atoms with E-state index < -0.39 is 15.9 Å². The van der Waals surface area contributed by atoms with Crippen molar-refractivity contribution in [2.24, 2.45) is 5.73 Å². The molecule has 1 aliphatic rings. The summed E-state index contributed by atoms with van der Waals surface area (Å²) in [5.74, 6) is 0.649. The molecule has 11 heteroatoms. The van der Waals surface area contributed by atoms with Crippen LogP contribution in [0.1, 0.15) is 6.42 Å². The number of ether oxygens (including phenoxy) is 2. The van der Waals surface area contributed by atoms with Crippen LogP contribution in [0.2, 0.25) is 0 Å². The minimum Gasteiger partial charge on any atom is -0.497 e. The number of rotatable bonds is 10. The highest BCUT2D eigenvalue weighted by atomic mass is 32.2. The van der Waals surface area contributed by atoms with Crippen LogP contribution in [0.4, 0.5) is 5.69 Å². The molecule has 0 unspecified atom stereocenters. The number of anilines is 1. The van der Waals surface area contributed by atoms with Crippen LogP contribution < -0.4 is 20.1 Å². The van der Waals surface area contributed by atoms with Crippen LogP contribution in [0.15, 0.2) is 53.4 Å². The third-order valence-corrected chi connectivity index (χ3v) is 7.59. The Morgan fingerprint density at radius 2 is 1.44 bits per heavy atom. The molecule has 2 aromatic carbocycles. The summed E-state index contributed by atoms with van der Waals surface area (Å²) in [4.78, 5) is 27.9. The van der Waals surface area contributed by atoms with Crippen molar-refractivity contribution < 1.29 is 27.5 Å². The summed E-state index contributed by atoms with van der Waals surface area (Å²) in [7, 11) is -0.576. The fraction of sp³-hybridized carbons (Fsp3) is 0.391. The van der Waals surface area contributed by atoms with Gasteiger partial charge in [-0.2, -0.15) is 4.31 Å². The second kappa shape index (κ2) is 11.2. The van der Waals surface area contributed by atoms with Crippen LogP contribution in [0.25, 0.3) is 0 Å². The van der Waals surface area contributed by atoms with Gasteiger partial charge in [-0.25, -0.2) is 8.42 Å². The Bertz CT molecular complexity index is 1080. The molecule has 0 radical (unpaired) electrons. The van der Waals surface area contributed by atoms with Crippen molar-refractivity contribution in [1.82, 2.24) is 9.21 Å². The minimum absolute atomic E-state index is 0.0465. The summed E-state index contributed by atoms with van der Waals surface area (Å²) in [6.45, 7) is 1.29. The van der Waals surface area contributed by atoms with Crippen LogP contribution in [-0.4, -0.2) is 82.9 Å². The highest BCUT2D eigenvalue weighted by Crippen LogP contribution is 2.22. The molecule has 0 bridgehead atoms. The lowest BCUT2D eigenvalue weighted by Crippen LogP contribution is -2.52. The number of primary amides is 1. The number of methoxy groups -OCH3 is 2. The number of hydrogen-bond donors (Lipinski definition) is 1. The van der Waals surface area contributed by atoms with E-state index in [9.17, 15) is 18.0 Å². The molecular weight excluding hydrogens is 460 g/mol. The maximum atomic E-state index is 13.0. The lowest BCUT2D eigenvalue weighted by molar-refractivity contribution is -0.131. The largest absolute Gasteiger partial charge is 0.497 e. The third-order valence-electron chi connectivity index (χ3n) is 5.68. The minimum atomic E-state index is -3.66. The van der Waals surface area contributed by atoms with Gasteiger partial charge < -0.3 is 25.0 Å². The fourth-order valence-corrected chi connectivity index (χ4v) is 5.10. The first kappa shape index (κ1) is 25.3. The van der Waals surface area contributed by atoms with E-state index in [0.717, 1.165) is 5.69 Å². The summed E-state index contributed by atoms with van der Waals surface area (Å²) >= 11 is 0. The SMILES string of the molecule is COc1ccc(N(CCC(N)=O)CC(=O)N2CCN(S(=O)(=O)c3ccc(OC)cc3)CC2)cc1. The predicted octanol–water partition coefficient (Wildman–Crippen LogP) is 0.919. The molecule has 0 aliphatic carbocycles. The molecule has 2 N–H and O–H groups in total. The number of sulfonamides is 1. The van der Waals surface area contributed by atoms with Gasteiger partial charge in [0.2, 0.25) is 21.8 Å². The quantitative estimate of drug-likeness (QED) is 0.525. The molecule has 10 nitrogen and oxygen atoms in total. The van der Waals surface area contributed by atoms with Gasteiger partial charge in [-0.15, -0.1) is 0 Å². The maximum absolute atomic E-state index is 13.0. The van der Waals surface area contributed by atoms with Gasteiger partial charge in [0.15, 0.2) is 0 Å². The third kappa shape index (κ3) is 6.17. The number of amides is 2. The average molecular weight is 491 g/mol. The zero-order valence-corrected chi connectivity index (χ0v) is 20.2. The summed E-state index contributed by atoms with van der Waals surface area (Å²) < 4.78 is 37.5. The van der Waals surface area contributed by atoms with E-state index in [4.69, 9.17) is 15.2 Å². The van der Waals surface area contributed by atoms with E-state index in [2.05, 4.69) is 0 Å². The summed E-state index contributed by atoms with van der Waals surface area (Å²) in [5, 5.41) is 0. The number of nitrogens with zero attached hydrogens (tertiary/aromatic N) is 3. The smallest absolute Gasteiger partial charge is 0.243 e. The van der Waals surface area contributed by atoms with Crippen LogP contribution in [0.5, 0.6) is 11.5 Å². The van der Waals surface area contributed by atoms with E-state index in [1.807, 2.05) is 12.1 Å². The zero-order chi connectivity index (χ0) is 24.7. The number of piperazine rings is 1. The Morgan fingerprint density at radius 1 is 0.912 bits per heavy atom. The molecular formula is C23H30N4O6S. The Morgan fingerprint density at radius 3 is 1.94 bits per heavy atom. The average Bonchev–Trinajstić information content (AvgIpc) is 2.86. The Hall–Kier alpha value is -3.31. The first-order valence-electron chi connectivity index (χ1n) is 10.8. The van der Waals surface area contributed by atoms with Crippen molar-refractivity contribution in [2.45, 2.75) is 11.3 Å². The molecule has 0 atom stereocenters. The Balaban J connectivity index is 1.63. The summed E-state index contributed by atoms with van der Waals surface area (Å²) in [6, 6.07) is 13.4. The number of carbonyl (C=O) groups is 2. The Labute approximate surface area is 199 Å². The molecule has 1 saturated heterocycles. The monoisotopic (exact) mass is 490 g/mol. The summed E-state index contributed by atoms with van der Waals surface area (Å²) in [6.07, 6.45) is 0.104. The fourth-order valence-electron chi connectivity index (χ4n) is 3.68. The van der Waals surface area contributed by atoms with Gasteiger partial charge >= 0.3 is 0 Å². The van der Waals surface area contributed by atoms with Crippen LogP contribution >= 0.6 is 0 Å². The highest BCUT2D eigenvalue weighted by Gasteiger charge is 2.30. The van der Waals surface area contributed by atoms with Crippen LogP contribution in [0.3, 0.4) is 0 Å². The standard InChI is InChI=1S/C23H30N4O6S/c1-32-19-5-3-18(4-6-19)26(12-11-22(24)28)17-23(29)25-13-15-27(16-14-25)34(30,31)21-9-7-20(33-2)8-10-21/h3-10H,11-17H2,1-2H3,(H2,24,28). The molecule has 1 aliphatic heterocycles. The van der Waals surface area contributed by atoms with E-state index in [1.54, 1.807) is 41.2 Å². The number of benzene rings is 2. The van der Waals surface area contributed by atoms with E-state index in [1.165, 1.54) is 23.5 Å². The van der Waals surface area contributed by atoms with E-state index in [-0.39, 0.29) is 49.9 Å². The first-order valence-corrected chi connectivity index (χ1v) is 12.3.